The van der Waals surface area contributed by atoms with Crippen molar-refractivity contribution in [2.24, 2.45) is 11.5 Å². The minimum absolute atomic E-state index is 0.248. The molecule has 0 fully saturated rings. The Balaban J connectivity index is -0.000000414. The zero-order valence-corrected chi connectivity index (χ0v) is 18.4. The van der Waals surface area contributed by atoms with E-state index in [1.165, 1.54) is 0 Å². The summed E-state index contributed by atoms with van der Waals surface area (Å²) in [6, 6.07) is -2.53. The zero-order chi connectivity index (χ0) is 27.2. The van der Waals surface area contributed by atoms with E-state index in [2.05, 4.69) is 4.31 Å². The summed E-state index contributed by atoms with van der Waals surface area (Å²) < 4.78 is 22.2. The first kappa shape index (κ1) is 36.8. The molecule has 0 aromatic rings. The highest BCUT2D eigenvalue weighted by molar-refractivity contribution is 7.60. The van der Waals surface area contributed by atoms with Crippen LogP contribution in [-0.2, 0) is 23.0 Å². The van der Waals surface area contributed by atoms with E-state index in [0.717, 1.165) is 0 Å². The van der Waals surface area contributed by atoms with Crippen LogP contribution in [0.2, 0.25) is 0 Å². The maximum atomic E-state index is 10.0. The van der Waals surface area contributed by atoms with Crippen LogP contribution in [0, 0.1) is 0 Å². The van der Waals surface area contributed by atoms with Crippen molar-refractivity contribution in [1.82, 2.24) is 0 Å². The Morgan fingerprint density at radius 3 is 1.00 bits per heavy atom. The molecule has 8 atom stereocenters. The number of aliphatic hydroxyl groups is 8. The first-order valence-electron chi connectivity index (χ1n) is 8.33. The maximum Gasteiger partial charge on any atom is 0.478 e. The number of rotatable bonds is 12. The van der Waals surface area contributed by atoms with Gasteiger partial charge in [0, 0.05) is 0 Å². The van der Waals surface area contributed by atoms with Gasteiger partial charge in [0.05, 0.1) is 25.3 Å². The van der Waals surface area contributed by atoms with Crippen molar-refractivity contribution in [1.29, 1.82) is 0 Å². The van der Waals surface area contributed by atoms with E-state index in [1.807, 2.05) is 0 Å². The number of carbonyl (C=O) groups is 2. The van der Waals surface area contributed by atoms with Gasteiger partial charge in [0.25, 0.3) is 0 Å². The molecular formula is C12H30N2O17P2. The Kier molecular flexibility index (Phi) is 19.6. The van der Waals surface area contributed by atoms with E-state index in [0.29, 0.717) is 0 Å². The molecule has 200 valence electrons. The van der Waals surface area contributed by atoms with Crippen LogP contribution in [0.25, 0.3) is 0 Å². The first-order chi connectivity index (χ1) is 14.8. The molecule has 0 aromatic carbocycles. The fraction of sp³-hybridized carbons (Fsp3) is 0.833. The first-order valence-corrected chi connectivity index (χ1v) is 11.4. The number of nitrogens with two attached hydrogens (primary N) is 2. The minimum atomic E-state index is -5.05. The molecule has 0 unspecified atom stereocenters. The highest BCUT2D eigenvalue weighted by Crippen LogP contribution is 2.53. The summed E-state index contributed by atoms with van der Waals surface area (Å²) in [6.07, 6.45) is -8.85. The second-order valence-corrected chi connectivity index (χ2v) is 8.57. The maximum absolute atomic E-state index is 10.0. The highest BCUT2D eigenvalue weighted by atomic mass is 31.3. The second kappa shape index (κ2) is 17.6. The molecule has 16 N–H and O–H groups in total. The number of aliphatic hydroxyl groups excluding tert-OH is 8. The molecule has 0 aliphatic carbocycles. The van der Waals surface area contributed by atoms with Crippen molar-refractivity contribution in [3.63, 3.8) is 0 Å². The van der Waals surface area contributed by atoms with E-state index in [4.69, 9.17) is 71.9 Å². The van der Waals surface area contributed by atoms with Gasteiger partial charge in [-0.3, -0.25) is 0 Å². The summed E-state index contributed by atoms with van der Waals surface area (Å²) in [4.78, 5) is 51.0. The van der Waals surface area contributed by atoms with Gasteiger partial charge in [-0.25, -0.2) is 9.13 Å². The fourth-order valence-corrected chi connectivity index (χ4v) is 2.53. The molecule has 0 saturated carbocycles. The average Bonchev–Trinajstić information content (AvgIpc) is 2.72. The van der Waals surface area contributed by atoms with Gasteiger partial charge >= 0.3 is 15.6 Å². The second-order valence-electron chi connectivity index (χ2n) is 5.95. The smallest absolute Gasteiger partial charge is 0.394 e. The van der Waals surface area contributed by atoms with Crippen molar-refractivity contribution < 1.29 is 83.5 Å². The molecule has 0 bridgehead atoms. The number of carbonyl (C=O) groups excluding carboxylic acids is 2. The lowest BCUT2D eigenvalue weighted by Gasteiger charge is -2.23. The van der Waals surface area contributed by atoms with Gasteiger partial charge in [0.15, 0.2) is 0 Å². The topological polar surface area (TPSA) is 372 Å². The molecule has 0 amide bonds. The van der Waals surface area contributed by atoms with Crippen LogP contribution in [0.1, 0.15) is 0 Å². The molecule has 0 rings (SSSR count). The molecule has 0 heterocycles. The van der Waals surface area contributed by atoms with Crippen molar-refractivity contribution >= 4 is 28.2 Å². The minimum Gasteiger partial charge on any atom is -0.394 e. The van der Waals surface area contributed by atoms with Crippen LogP contribution >= 0.6 is 15.6 Å². The lowest BCUT2D eigenvalue weighted by molar-refractivity contribution is -0.118. The Morgan fingerprint density at radius 1 is 0.636 bits per heavy atom. The van der Waals surface area contributed by atoms with E-state index in [9.17, 15) is 18.7 Å². The average molecular weight is 536 g/mol. The molecule has 0 spiro atoms. The third kappa shape index (κ3) is 19.2. The van der Waals surface area contributed by atoms with Crippen LogP contribution in [-0.4, -0.2) is 135 Å². The Morgan fingerprint density at radius 2 is 0.879 bits per heavy atom. The van der Waals surface area contributed by atoms with Gasteiger partial charge in [-0.15, -0.1) is 0 Å². The molecule has 19 nitrogen and oxygen atoms in total. The van der Waals surface area contributed by atoms with E-state index in [-0.39, 0.29) is 12.6 Å². The molecule has 0 aromatic heterocycles. The van der Waals surface area contributed by atoms with Crippen LogP contribution in [0.15, 0.2) is 0 Å². The van der Waals surface area contributed by atoms with Crippen LogP contribution in [0.3, 0.4) is 0 Å². The summed E-state index contributed by atoms with van der Waals surface area (Å²) in [6.45, 7) is -1.41. The lowest BCUT2D eigenvalue weighted by atomic mass is 10.0. The van der Waals surface area contributed by atoms with Crippen LogP contribution in [0.5, 0.6) is 0 Å². The van der Waals surface area contributed by atoms with Crippen LogP contribution < -0.4 is 11.5 Å². The molecule has 0 saturated heterocycles. The van der Waals surface area contributed by atoms with Gasteiger partial charge in [0.2, 0.25) is 0 Å². The van der Waals surface area contributed by atoms with Gasteiger partial charge < -0.3 is 81.5 Å². The number of hydrogen-bond acceptors (Lipinski definition) is 15. The van der Waals surface area contributed by atoms with Gasteiger partial charge in [-0.05, 0) is 0 Å². The molecular weight excluding hydrogens is 506 g/mol. The molecule has 0 aliphatic rings. The standard InChI is InChI=1S/2C6H13NO5.H4O7P2/c2*7-3(1-8)5(11)6(12)4(10)2-9;1-8(2,3)7-9(4,5)6/h2*1,3-6,9-12H,2,7H2;(H2,1,2,3)(H2,4,5,6)/t2*3-,4+,5+,6+;/m00./s1. The molecule has 0 radical (unpaired) electrons. The summed E-state index contributed by atoms with van der Waals surface area (Å²) in [5.41, 5.74) is 10.1. The third-order valence-corrected chi connectivity index (χ3v) is 4.88. The Bertz CT molecular complexity index is 577. The van der Waals surface area contributed by atoms with Crippen LogP contribution in [0.4, 0.5) is 0 Å². The van der Waals surface area contributed by atoms with E-state index >= 15 is 0 Å². The van der Waals surface area contributed by atoms with E-state index in [1.54, 1.807) is 0 Å². The summed E-state index contributed by atoms with van der Waals surface area (Å²) in [7, 11) is -10.1. The van der Waals surface area contributed by atoms with Crippen molar-refractivity contribution in [2.75, 3.05) is 13.2 Å². The van der Waals surface area contributed by atoms with Crippen molar-refractivity contribution in [3.8, 4) is 0 Å². The Labute approximate surface area is 186 Å². The normalized spacial score (nSPS) is 19.1. The summed E-state index contributed by atoms with van der Waals surface area (Å²) in [5, 5.41) is 70.3. The molecule has 0 aliphatic heterocycles. The number of aldehydes is 2. The van der Waals surface area contributed by atoms with Gasteiger partial charge in [-0.2, -0.15) is 4.31 Å². The monoisotopic (exact) mass is 536 g/mol. The predicted molar refractivity (Wildman–Crippen MR) is 103 cm³/mol. The number of phosphoric acid groups is 2. The Hall–Kier alpha value is -0.800. The largest absolute Gasteiger partial charge is 0.478 e. The zero-order valence-electron chi connectivity index (χ0n) is 16.6. The highest BCUT2D eigenvalue weighted by Gasteiger charge is 2.29. The quantitative estimate of drug-likeness (QED) is 0.0812. The lowest BCUT2D eigenvalue weighted by Crippen LogP contribution is -2.49. The summed E-state index contributed by atoms with van der Waals surface area (Å²) >= 11 is 0. The predicted octanol–water partition coefficient (Wildman–Crippen LogP) is -7.64. The van der Waals surface area contributed by atoms with Gasteiger partial charge in [0.1, 0.15) is 49.2 Å². The van der Waals surface area contributed by atoms with Crippen molar-refractivity contribution in [2.45, 2.75) is 48.7 Å². The molecule has 21 heteroatoms. The van der Waals surface area contributed by atoms with Gasteiger partial charge in [-0.1, -0.05) is 0 Å². The summed E-state index contributed by atoms with van der Waals surface area (Å²) in [5.74, 6) is 0. The SMILES string of the molecule is N[C@@H](C=O)[C@@H](O)[C@H](O)[C@H](O)CO.N[C@@H](C=O)[C@@H](O)[C@H](O)[C@H](O)CO.O=P(O)(O)OP(=O)(O)O. The number of hydrogen-bond donors (Lipinski definition) is 14. The fourth-order valence-electron chi connectivity index (χ4n) is 1.43. The molecule has 33 heavy (non-hydrogen) atoms. The van der Waals surface area contributed by atoms with E-state index < -0.39 is 77.6 Å². The van der Waals surface area contributed by atoms with Crippen molar-refractivity contribution in [3.05, 3.63) is 0 Å². The third-order valence-electron chi connectivity index (χ3n) is 3.18.